The molecule has 0 atom stereocenters. The van der Waals surface area contributed by atoms with Crippen molar-refractivity contribution in [1.29, 1.82) is 0 Å². The van der Waals surface area contributed by atoms with Gasteiger partial charge >= 0.3 is 6.03 Å². The first-order valence-electron chi connectivity index (χ1n) is 8.96. The lowest BCUT2D eigenvalue weighted by Crippen LogP contribution is -2.20. The number of hydrogen-bond donors (Lipinski definition) is 3. The number of nitrogens with one attached hydrogen (secondary N) is 3. The molecule has 0 spiro atoms. The van der Waals surface area contributed by atoms with E-state index in [0.29, 0.717) is 17.2 Å². The van der Waals surface area contributed by atoms with Crippen LogP contribution < -0.4 is 25.4 Å². The van der Waals surface area contributed by atoms with E-state index < -0.39 is 11.8 Å². The molecule has 0 radical (unpaired) electrons. The highest BCUT2D eigenvalue weighted by atomic mass is 79.9. The van der Waals surface area contributed by atoms with Gasteiger partial charge in [-0.15, -0.1) is 0 Å². The first-order valence-corrected chi connectivity index (χ1v) is 9.76. The largest absolute Gasteiger partial charge is 0.495 e. The molecule has 3 rings (SSSR count). The summed E-state index contributed by atoms with van der Waals surface area (Å²) in [5.74, 6) is -0.117. The van der Waals surface area contributed by atoms with Gasteiger partial charge in [0.05, 0.1) is 18.5 Å². The molecule has 3 amide bonds. The molecular weight excluding hydrogens is 471 g/mol. The smallest absolute Gasteiger partial charge is 0.323 e. The van der Waals surface area contributed by atoms with E-state index in [0.717, 1.165) is 10.5 Å². The second-order valence-corrected chi connectivity index (χ2v) is 7.04. The molecule has 31 heavy (non-hydrogen) atoms. The van der Waals surface area contributed by atoms with Gasteiger partial charge in [-0.25, -0.2) is 9.18 Å². The zero-order valence-corrected chi connectivity index (χ0v) is 18.1. The lowest BCUT2D eigenvalue weighted by Gasteiger charge is -2.13. The summed E-state index contributed by atoms with van der Waals surface area (Å²) in [6, 6.07) is 11.4. The number of anilines is 2. The van der Waals surface area contributed by atoms with E-state index in [1.165, 1.54) is 44.6 Å². The summed E-state index contributed by atoms with van der Waals surface area (Å²) in [6.07, 6.45) is 1.41. The van der Waals surface area contributed by atoms with E-state index in [4.69, 9.17) is 9.47 Å². The Bertz CT molecular complexity index is 1130. The fourth-order valence-corrected chi connectivity index (χ4v) is 2.94. The van der Waals surface area contributed by atoms with Gasteiger partial charge in [0.25, 0.3) is 5.91 Å². The number of aromatic nitrogens is 1. The van der Waals surface area contributed by atoms with Crippen LogP contribution in [0.15, 0.2) is 59.2 Å². The molecule has 0 aliphatic heterocycles. The number of benzene rings is 2. The molecule has 3 aromatic rings. The number of urea groups is 1. The molecule has 1 aromatic heterocycles. The van der Waals surface area contributed by atoms with Gasteiger partial charge in [-0.1, -0.05) is 15.9 Å². The van der Waals surface area contributed by atoms with Crippen LogP contribution in [0.4, 0.5) is 20.6 Å². The zero-order chi connectivity index (χ0) is 22.4. The standard InChI is InChI=1S/C21H18BrFN4O4/c1-24-20(28)18-11-14(7-8-25-18)31-13-4-5-16(15(23)10-13)26-21(29)27-17-9-12(22)3-6-19(17)30-2/h3-11H,1-2H3,(H,24,28)(H2,26,27,29). The Morgan fingerprint density at radius 3 is 2.45 bits per heavy atom. The number of rotatable bonds is 6. The molecule has 8 nitrogen and oxygen atoms in total. The quantitative estimate of drug-likeness (QED) is 0.463. The number of carbonyl (C=O) groups is 2. The maximum Gasteiger partial charge on any atom is 0.323 e. The summed E-state index contributed by atoms with van der Waals surface area (Å²) in [5.41, 5.74) is 0.539. The molecule has 10 heteroatoms. The Morgan fingerprint density at radius 2 is 1.74 bits per heavy atom. The van der Waals surface area contributed by atoms with E-state index in [9.17, 15) is 14.0 Å². The second kappa shape index (κ2) is 9.90. The van der Waals surface area contributed by atoms with Crippen molar-refractivity contribution in [3.05, 3.63) is 70.7 Å². The number of methoxy groups -OCH3 is 1. The molecule has 0 saturated carbocycles. The number of ether oxygens (including phenoxy) is 2. The van der Waals surface area contributed by atoms with Crippen molar-refractivity contribution in [1.82, 2.24) is 10.3 Å². The fraction of sp³-hybridized carbons (Fsp3) is 0.0952. The van der Waals surface area contributed by atoms with Gasteiger partial charge in [0.1, 0.15) is 28.8 Å². The van der Waals surface area contributed by atoms with Crippen molar-refractivity contribution in [3.63, 3.8) is 0 Å². The number of pyridine rings is 1. The van der Waals surface area contributed by atoms with Crippen LogP contribution in [0.5, 0.6) is 17.2 Å². The average molecular weight is 489 g/mol. The van der Waals surface area contributed by atoms with Gasteiger partial charge in [0.2, 0.25) is 0 Å². The van der Waals surface area contributed by atoms with Crippen LogP contribution in [-0.2, 0) is 0 Å². The molecule has 0 unspecified atom stereocenters. The van der Waals surface area contributed by atoms with Crippen LogP contribution in [0, 0.1) is 5.82 Å². The van der Waals surface area contributed by atoms with Gasteiger partial charge in [-0.2, -0.15) is 0 Å². The van der Waals surface area contributed by atoms with Crippen LogP contribution in [0.1, 0.15) is 10.5 Å². The third-order valence-electron chi connectivity index (χ3n) is 4.03. The van der Waals surface area contributed by atoms with Gasteiger partial charge in [-0.3, -0.25) is 9.78 Å². The Morgan fingerprint density at radius 1 is 1.00 bits per heavy atom. The molecule has 2 aromatic carbocycles. The SMILES string of the molecule is CNC(=O)c1cc(Oc2ccc(NC(=O)Nc3cc(Br)ccc3OC)c(F)c2)ccn1. The highest BCUT2D eigenvalue weighted by Gasteiger charge is 2.12. The molecule has 0 aliphatic carbocycles. The van der Waals surface area contributed by atoms with Crippen LogP contribution in [0.2, 0.25) is 0 Å². The molecule has 1 heterocycles. The molecule has 3 N–H and O–H groups in total. The summed E-state index contributed by atoms with van der Waals surface area (Å²) in [4.78, 5) is 27.9. The van der Waals surface area contributed by atoms with Gasteiger partial charge in [0, 0.05) is 29.8 Å². The molecule has 160 valence electrons. The van der Waals surface area contributed by atoms with Gasteiger partial charge in [0.15, 0.2) is 0 Å². The van der Waals surface area contributed by atoms with Crippen molar-refractivity contribution in [3.8, 4) is 17.2 Å². The molecule has 0 saturated heterocycles. The fourth-order valence-electron chi connectivity index (χ4n) is 2.58. The van der Waals surface area contributed by atoms with E-state index in [2.05, 4.69) is 36.9 Å². The van der Waals surface area contributed by atoms with Crippen molar-refractivity contribution in [2.45, 2.75) is 0 Å². The first-order chi connectivity index (χ1) is 14.9. The molecule has 0 fully saturated rings. The Balaban J connectivity index is 1.69. The van der Waals surface area contributed by atoms with Crippen molar-refractivity contribution >= 4 is 39.2 Å². The number of hydrogen-bond acceptors (Lipinski definition) is 5. The Labute approximate surface area is 185 Å². The minimum Gasteiger partial charge on any atom is -0.495 e. The third kappa shape index (κ3) is 5.70. The lowest BCUT2D eigenvalue weighted by molar-refractivity contribution is 0.0958. The molecule has 0 bridgehead atoms. The molecular formula is C21H18BrFN4O4. The molecule has 0 aliphatic rings. The first kappa shape index (κ1) is 22.0. The summed E-state index contributed by atoms with van der Waals surface area (Å²) in [6.45, 7) is 0. The number of amides is 3. The highest BCUT2D eigenvalue weighted by Crippen LogP contribution is 2.29. The van der Waals surface area contributed by atoms with Crippen molar-refractivity contribution in [2.24, 2.45) is 0 Å². The van der Waals surface area contributed by atoms with Crippen LogP contribution in [0.25, 0.3) is 0 Å². The van der Waals surface area contributed by atoms with Crippen LogP contribution in [0.3, 0.4) is 0 Å². The summed E-state index contributed by atoms with van der Waals surface area (Å²) in [5, 5.41) is 7.51. The minimum atomic E-state index is -0.700. The predicted octanol–water partition coefficient (Wildman–Crippen LogP) is 4.79. The summed E-state index contributed by atoms with van der Waals surface area (Å²) in [7, 11) is 2.96. The van der Waals surface area contributed by atoms with Crippen LogP contribution >= 0.6 is 15.9 Å². The second-order valence-electron chi connectivity index (χ2n) is 6.12. The topological polar surface area (TPSA) is 102 Å². The monoisotopic (exact) mass is 488 g/mol. The normalized spacial score (nSPS) is 10.2. The van der Waals surface area contributed by atoms with Gasteiger partial charge in [-0.05, 0) is 36.4 Å². The van der Waals surface area contributed by atoms with E-state index in [1.54, 1.807) is 18.2 Å². The zero-order valence-electron chi connectivity index (χ0n) is 16.5. The number of carbonyl (C=O) groups excluding carboxylic acids is 2. The number of nitrogens with zero attached hydrogens (tertiary/aromatic N) is 1. The van der Waals surface area contributed by atoms with Crippen molar-refractivity contribution < 1.29 is 23.5 Å². The summed E-state index contributed by atoms with van der Waals surface area (Å²) >= 11 is 3.32. The average Bonchev–Trinajstić information content (AvgIpc) is 2.75. The summed E-state index contributed by atoms with van der Waals surface area (Å²) < 4.78 is 26.0. The lowest BCUT2D eigenvalue weighted by atomic mass is 10.2. The predicted molar refractivity (Wildman–Crippen MR) is 117 cm³/mol. The maximum atomic E-state index is 14.5. The van der Waals surface area contributed by atoms with Crippen LogP contribution in [-0.4, -0.2) is 31.1 Å². The van der Waals surface area contributed by atoms with E-state index in [1.807, 2.05) is 0 Å². The van der Waals surface area contributed by atoms with Crippen molar-refractivity contribution in [2.75, 3.05) is 24.8 Å². The van der Waals surface area contributed by atoms with E-state index in [-0.39, 0.29) is 23.0 Å². The highest BCUT2D eigenvalue weighted by molar-refractivity contribution is 9.10. The Kier molecular flexibility index (Phi) is 7.03. The maximum absolute atomic E-state index is 14.5. The Hall–Kier alpha value is -3.66. The number of halogens is 2. The minimum absolute atomic E-state index is 0.0420. The van der Waals surface area contributed by atoms with Gasteiger partial charge < -0.3 is 25.4 Å². The third-order valence-corrected chi connectivity index (χ3v) is 4.52. The van der Waals surface area contributed by atoms with E-state index >= 15 is 0 Å².